The number of hydrogen-bond acceptors (Lipinski definition) is 3. The monoisotopic (exact) mass is 447 g/mol. The summed E-state index contributed by atoms with van der Waals surface area (Å²) in [6.45, 7) is 3.98. The number of para-hydroxylation sites is 1. The number of allylic oxidation sites excluding steroid dienone is 1. The van der Waals surface area contributed by atoms with E-state index in [0.717, 1.165) is 15.1 Å². The van der Waals surface area contributed by atoms with Gasteiger partial charge in [0.15, 0.2) is 11.6 Å². The van der Waals surface area contributed by atoms with Crippen molar-refractivity contribution < 1.29 is 9.59 Å². The van der Waals surface area contributed by atoms with Gasteiger partial charge in [0.2, 0.25) is 0 Å². The summed E-state index contributed by atoms with van der Waals surface area (Å²) in [4.78, 5) is 27.7. The van der Waals surface area contributed by atoms with Crippen molar-refractivity contribution in [3.8, 4) is 0 Å². The van der Waals surface area contributed by atoms with Crippen LogP contribution >= 0.6 is 11.3 Å². The molecule has 3 aromatic heterocycles. The van der Waals surface area contributed by atoms with Gasteiger partial charge < -0.3 is 0 Å². The molecule has 0 saturated heterocycles. The topological polar surface area (TPSA) is 38.5 Å². The first-order valence-corrected chi connectivity index (χ1v) is 12.1. The summed E-state index contributed by atoms with van der Waals surface area (Å²) in [6, 6.07) is 21.6. The van der Waals surface area contributed by atoms with Crippen LogP contribution in [0.3, 0.4) is 0 Å². The second-order valence-electron chi connectivity index (χ2n) is 10.0. The van der Waals surface area contributed by atoms with Crippen molar-refractivity contribution in [2.75, 3.05) is 0 Å². The minimum Gasteiger partial charge on any atom is -0.299 e. The molecule has 33 heavy (non-hydrogen) atoms. The highest BCUT2D eigenvalue weighted by molar-refractivity contribution is 7.19. The summed E-state index contributed by atoms with van der Waals surface area (Å²) in [5, 5.41) is 7.36. The first-order valence-electron chi connectivity index (χ1n) is 11.3. The molecule has 7 rings (SSSR count). The molecule has 0 aliphatic heterocycles. The number of carbonyl (C=O) groups excluding carboxylic acids is 2. The van der Waals surface area contributed by atoms with E-state index in [4.69, 9.17) is 0 Å². The predicted molar refractivity (Wildman–Crippen MR) is 137 cm³/mol. The molecular formula is C29H21NO2S. The van der Waals surface area contributed by atoms with Gasteiger partial charge in [-0.1, -0.05) is 62.4 Å². The third-order valence-corrected chi connectivity index (χ3v) is 8.13. The maximum atomic E-state index is 12.8. The Kier molecular flexibility index (Phi) is 3.63. The lowest BCUT2D eigenvalue weighted by atomic mass is 9.74. The highest BCUT2D eigenvalue weighted by Crippen LogP contribution is 2.44. The predicted octanol–water partition coefficient (Wildman–Crippen LogP) is 7.39. The molecule has 1 aliphatic carbocycles. The maximum Gasteiger partial charge on any atom is 0.167 e. The molecule has 1 fully saturated rings. The Morgan fingerprint density at radius 2 is 1.61 bits per heavy atom. The van der Waals surface area contributed by atoms with Crippen molar-refractivity contribution in [1.82, 2.24) is 4.40 Å². The molecule has 0 unspecified atom stereocenters. The molecule has 6 aromatic rings. The van der Waals surface area contributed by atoms with Gasteiger partial charge in [-0.25, -0.2) is 0 Å². The first kappa shape index (κ1) is 19.0. The fourth-order valence-electron chi connectivity index (χ4n) is 5.67. The van der Waals surface area contributed by atoms with Gasteiger partial charge in [0, 0.05) is 39.3 Å². The van der Waals surface area contributed by atoms with Crippen molar-refractivity contribution in [2.45, 2.75) is 26.7 Å². The average Bonchev–Trinajstić information content (AvgIpc) is 3.34. The molecule has 0 N–H and O–H groups in total. The second-order valence-corrected chi connectivity index (χ2v) is 11.1. The van der Waals surface area contributed by atoms with E-state index in [1.807, 2.05) is 19.9 Å². The van der Waals surface area contributed by atoms with Crippen molar-refractivity contribution in [3.63, 3.8) is 0 Å². The molecule has 0 radical (unpaired) electrons. The van der Waals surface area contributed by atoms with Crippen LogP contribution in [0.25, 0.3) is 54.3 Å². The van der Waals surface area contributed by atoms with Gasteiger partial charge in [0.1, 0.15) is 4.83 Å². The number of Topliss-reactive ketones (excluding diaryl/α,β-unsaturated/α-hetero) is 2. The van der Waals surface area contributed by atoms with Crippen LogP contribution in [0.4, 0.5) is 0 Å². The normalized spacial score (nSPS) is 16.8. The summed E-state index contributed by atoms with van der Waals surface area (Å²) in [5.74, 6) is -0.0800. The van der Waals surface area contributed by atoms with Crippen LogP contribution in [0.1, 0.15) is 31.6 Å². The fraction of sp³-hybridized carbons (Fsp3) is 0.172. The zero-order chi connectivity index (χ0) is 22.5. The molecule has 3 aromatic carbocycles. The zero-order valence-electron chi connectivity index (χ0n) is 18.4. The highest BCUT2D eigenvalue weighted by atomic mass is 32.1. The molecule has 0 atom stereocenters. The molecule has 0 spiro atoms. The Morgan fingerprint density at radius 3 is 2.42 bits per heavy atom. The number of ketones is 2. The summed E-state index contributed by atoms with van der Waals surface area (Å²) in [5.41, 5.74) is 2.52. The molecule has 3 heterocycles. The van der Waals surface area contributed by atoms with E-state index in [-0.39, 0.29) is 17.0 Å². The highest BCUT2D eigenvalue weighted by Gasteiger charge is 2.35. The van der Waals surface area contributed by atoms with Crippen LogP contribution in [0.2, 0.25) is 0 Å². The van der Waals surface area contributed by atoms with E-state index in [1.54, 1.807) is 11.3 Å². The number of hydrogen-bond donors (Lipinski definition) is 0. The molecule has 0 bridgehead atoms. The SMILES string of the molecule is CC1(C)CC(=O)C(=Cc2cc3c4cccc5ccc6c7ccccc7n(c3s2)c6c54)C(=O)C1. The lowest BCUT2D eigenvalue weighted by molar-refractivity contribution is -0.127. The van der Waals surface area contributed by atoms with E-state index in [2.05, 4.69) is 65.1 Å². The van der Waals surface area contributed by atoms with Crippen LogP contribution < -0.4 is 0 Å². The number of rotatable bonds is 1. The lowest BCUT2D eigenvalue weighted by Gasteiger charge is -2.28. The van der Waals surface area contributed by atoms with Crippen molar-refractivity contribution in [1.29, 1.82) is 0 Å². The Labute approximate surface area is 194 Å². The molecule has 1 saturated carbocycles. The molecular weight excluding hydrogens is 426 g/mol. The Hall–Kier alpha value is -3.50. The summed E-state index contributed by atoms with van der Waals surface area (Å²) in [6.07, 6.45) is 2.67. The second kappa shape index (κ2) is 6.30. The van der Waals surface area contributed by atoms with Crippen molar-refractivity contribution in [3.05, 3.63) is 71.1 Å². The third kappa shape index (κ3) is 2.56. The smallest absolute Gasteiger partial charge is 0.167 e. The fourth-order valence-corrected chi connectivity index (χ4v) is 6.81. The summed E-state index contributed by atoms with van der Waals surface area (Å²) >= 11 is 1.66. The van der Waals surface area contributed by atoms with E-state index in [9.17, 15) is 9.59 Å². The van der Waals surface area contributed by atoms with Crippen LogP contribution in [0, 0.1) is 5.41 Å². The van der Waals surface area contributed by atoms with E-state index in [1.165, 1.54) is 38.0 Å². The standard InChI is InChI=1S/C29H21NO2S/c1-29(2)14-24(31)22(25(32)15-29)13-17-12-21-19-8-5-6-16-10-11-20-18-7-3-4-9-23(18)30(28(21)33-17)27(20)26(16)19/h3-13H,14-15H2,1-2H3. The van der Waals surface area contributed by atoms with Crippen LogP contribution in [-0.2, 0) is 9.59 Å². The van der Waals surface area contributed by atoms with E-state index in [0.29, 0.717) is 18.4 Å². The number of thiophene rings is 1. The maximum absolute atomic E-state index is 12.8. The Balaban J connectivity index is 1.59. The largest absolute Gasteiger partial charge is 0.299 e. The molecule has 3 nitrogen and oxygen atoms in total. The number of nitrogens with zero attached hydrogens (tertiary/aromatic N) is 1. The number of carbonyl (C=O) groups is 2. The van der Waals surface area contributed by atoms with Gasteiger partial charge in [-0.05, 0) is 34.4 Å². The molecule has 0 amide bonds. The number of aromatic nitrogens is 1. The summed E-state index contributed by atoms with van der Waals surface area (Å²) in [7, 11) is 0. The van der Waals surface area contributed by atoms with Crippen molar-refractivity contribution >= 4 is 77.2 Å². The molecule has 4 heteroatoms. The third-order valence-electron chi connectivity index (χ3n) is 7.07. The zero-order valence-corrected chi connectivity index (χ0v) is 19.3. The average molecular weight is 448 g/mol. The first-order chi connectivity index (χ1) is 15.9. The number of benzene rings is 3. The van der Waals surface area contributed by atoms with E-state index < -0.39 is 0 Å². The minimum absolute atomic E-state index is 0.0400. The van der Waals surface area contributed by atoms with Gasteiger partial charge in [0.25, 0.3) is 0 Å². The van der Waals surface area contributed by atoms with E-state index >= 15 is 0 Å². The minimum atomic E-state index is -0.257. The Bertz CT molecular complexity index is 1810. The van der Waals surface area contributed by atoms with Crippen LogP contribution in [0.5, 0.6) is 0 Å². The number of pyridine rings is 1. The molecule has 1 aliphatic rings. The van der Waals surface area contributed by atoms with Crippen LogP contribution in [-0.4, -0.2) is 16.0 Å². The quantitative estimate of drug-likeness (QED) is 0.195. The number of fused-ring (bicyclic) bond motifs is 6. The van der Waals surface area contributed by atoms with Gasteiger partial charge in [-0.2, -0.15) is 0 Å². The lowest BCUT2D eigenvalue weighted by Crippen LogP contribution is -2.31. The molecule has 160 valence electrons. The van der Waals surface area contributed by atoms with Gasteiger partial charge in [-0.3, -0.25) is 14.0 Å². The van der Waals surface area contributed by atoms with Gasteiger partial charge in [0.05, 0.1) is 16.6 Å². The summed E-state index contributed by atoms with van der Waals surface area (Å²) < 4.78 is 2.37. The Morgan fingerprint density at radius 1 is 0.848 bits per heavy atom. The van der Waals surface area contributed by atoms with Gasteiger partial charge in [-0.15, -0.1) is 11.3 Å². The van der Waals surface area contributed by atoms with Gasteiger partial charge >= 0.3 is 0 Å². The van der Waals surface area contributed by atoms with Crippen molar-refractivity contribution in [2.24, 2.45) is 5.41 Å². The van der Waals surface area contributed by atoms with Crippen LogP contribution in [0.15, 0.2) is 66.2 Å².